The number of nitrogens with zero attached hydrogens (tertiary/aromatic N) is 3. The van der Waals surface area contributed by atoms with E-state index >= 15 is 0 Å². The van der Waals surface area contributed by atoms with E-state index in [1.165, 1.54) is 6.92 Å². The topological polar surface area (TPSA) is 107 Å². The van der Waals surface area contributed by atoms with Crippen molar-refractivity contribution in [1.82, 2.24) is 20.2 Å². The highest BCUT2D eigenvalue weighted by atomic mass is 32.1. The largest absolute Gasteiger partial charge is 0.417 e. The Morgan fingerprint density at radius 1 is 1.25 bits per heavy atom. The first-order valence-corrected chi connectivity index (χ1v) is 12.6. The van der Waals surface area contributed by atoms with Gasteiger partial charge in [0.1, 0.15) is 11.5 Å². The molecule has 3 N–H and O–H groups in total. The zero-order valence-electron chi connectivity index (χ0n) is 21.2. The average Bonchev–Trinajstić information content (AvgIpc) is 3.38. The molecular formula is C24H32F3N5O3S. The average molecular weight is 528 g/mol. The van der Waals surface area contributed by atoms with Crippen LogP contribution in [0.4, 0.5) is 19.0 Å². The summed E-state index contributed by atoms with van der Waals surface area (Å²) < 4.78 is 42.6. The summed E-state index contributed by atoms with van der Waals surface area (Å²) in [6, 6.07) is 0.179. The first-order chi connectivity index (χ1) is 16.6. The number of pyridine rings is 1. The molecule has 3 heterocycles. The quantitative estimate of drug-likeness (QED) is 0.509. The standard InChI is InChI=1S/C24H32F3N5O3S/c1-12-8-7-9-32(12)22(35)18-19(36-21(30-18)20(34)29-13(2)14(3)33)15-11-28-17(31-23(4,5)6)10-16(15)24(25,26)27/h10-14,33H,7-9H2,1-6H3,(H,28,31)(H,29,34)/t12-,13+,14-/m0/s1. The van der Waals surface area contributed by atoms with Gasteiger partial charge in [-0.05, 0) is 60.5 Å². The highest BCUT2D eigenvalue weighted by molar-refractivity contribution is 7.17. The Labute approximate surface area is 212 Å². The molecule has 0 spiro atoms. The predicted octanol–water partition coefficient (Wildman–Crippen LogP) is 4.56. The minimum Gasteiger partial charge on any atom is -0.391 e. The van der Waals surface area contributed by atoms with Crippen LogP contribution in [0.15, 0.2) is 12.3 Å². The molecule has 1 fully saturated rings. The number of rotatable bonds is 6. The highest BCUT2D eigenvalue weighted by Gasteiger charge is 2.38. The summed E-state index contributed by atoms with van der Waals surface area (Å²) in [7, 11) is 0. The Kier molecular flexibility index (Phi) is 7.99. The van der Waals surface area contributed by atoms with Crippen molar-refractivity contribution in [3.05, 3.63) is 28.5 Å². The number of anilines is 1. The van der Waals surface area contributed by atoms with E-state index in [4.69, 9.17) is 0 Å². The summed E-state index contributed by atoms with van der Waals surface area (Å²) in [5, 5.41) is 15.0. The number of hydrogen-bond donors (Lipinski definition) is 3. The smallest absolute Gasteiger partial charge is 0.391 e. The molecule has 3 rings (SSSR count). The van der Waals surface area contributed by atoms with Crippen LogP contribution in [0.5, 0.6) is 0 Å². The number of aliphatic hydroxyl groups excluding tert-OH is 1. The molecule has 1 aliphatic rings. The Morgan fingerprint density at radius 2 is 1.92 bits per heavy atom. The molecule has 0 bridgehead atoms. The summed E-state index contributed by atoms with van der Waals surface area (Å²) >= 11 is 0.699. The molecule has 3 atom stereocenters. The Hall–Kier alpha value is -2.73. The molecule has 0 aromatic carbocycles. The predicted molar refractivity (Wildman–Crippen MR) is 132 cm³/mol. The number of aliphatic hydroxyl groups is 1. The molecule has 0 radical (unpaired) electrons. The van der Waals surface area contributed by atoms with Crippen molar-refractivity contribution < 1.29 is 27.9 Å². The van der Waals surface area contributed by atoms with E-state index in [2.05, 4.69) is 20.6 Å². The van der Waals surface area contributed by atoms with Crippen molar-refractivity contribution in [2.24, 2.45) is 0 Å². The third-order valence-corrected chi connectivity index (χ3v) is 6.96. The third-order valence-electron chi connectivity index (χ3n) is 5.88. The van der Waals surface area contributed by atoms with Gasteiger partial charge in [0.05, 0.1) is 22.6 Å². The number of halogens is 3. The van der Waals surface area contributed by atoms with Gasteiger partial charge in [-0.2, -0.15) is 13.2 Å². The monoisotopic (exact) mass is 527 g/mol. The van der Waals surface area contributed by atoms with Gasteiger partial charge in [0.15, 0.2) is 5.01 Å². The molecule has 8 nitrogen and oxygen atoms in total. The molecule has 36 heavy (non-hydrogen) atoms. The van der Waals surface area contributed by atoms with Gasteiger partial charge in [-0.25, -0.2) is 9.97 Å². The van der Waals surface area contributed by atoms with Gasteiger partial charge in [-0.1, -0.05) is 0 Å². The summed E-state index contributed by atoms with van der Waals surface area (Å²) in [6.45, 7) is 10.8. The van der Waals surface area contributed by atoms with Gasteiger partial charge in [0.25, 0.3) is 11.8 Å². The zero-order valence-corrected chi connectivity index (χ0v) is 22.0. The molecular weight excluding hydrogens is 495 g/mol. The molecule has 1 aliphatic heterocycles. The Morgan fingerprint density at radius 3 is 2.44 bits per heavy atom. The van der Waals surface area contributed by atoms with Crippen LogP contribution in [-0.2, 0) is 6.18 Å². The number of carbonyl (C=O) groups excluding carboxylic acids is 2. The van der Waals surface area contributed by atoms with Crippen LogP contribution in [-0.4, -0.2) is 62.1 Å². The van der Waals surface area contributed by atoms with Crippen LogP contribution >= 0.6 is 11.3 Å². The fourth-order valence-corrected chi connectivity index (χ4v) is 4.81. The number of carbonyl (C=O) groups is 2. The fourth-order valence-electron chi connectivity index (χ4n) is 3.83. The van der Waals surface area contributed by atoms with Gasteiger partial charge in [-0.3, -0.25) is 9.59 Å². The SMILES string of the molecule is C[C@H](O)[C@@H](C)NC(=O)c1nc(C(=O)N2CCC[C@@H]2C)c(-c2cnc(NC(C)(C)C)cc2C(F)(F)F)s1. The van der Waals surface area contributed by atoms with Gasteiger partial charge < -0.3 is 20.6 Å². The second kappa shape index (κ2) is 10.3. The number of likely N-dealkylation sites (tertiary alicyclic amines) is 1. The van der Waals surface area contributed by atoms with Crippen LogP contribution in [0, 0.1) is 0 Å². The van der Waals surface area contributed by atoms with Crippen molar-refractivity contribution in [1.29, 1.82) is 0 Å². The van der Waals surface area contributed by atoms with Crippen LogP contribution in [0.3, 0.4) is 0 Å². The number of nitrogens with one attached hydrogen (secondary N) is 2. The number of thiazole rings is 1. The summed E-state index contributed by atoms with van der Waals surface area (Å²) in [4.78, 5) is 36.1. The molecule has 1 saturated heterocycles. The second-order valence-electron chi connectivity index (χ2n) is 10.2. The van der Waals surface area contributed by atoms with E-state index in [0.717, 1.165) is 25.1 Å². The van der Waals surface area contributed by atoms with Crippen LogP contribution < -0.4 is 10.6 Å². The van der Waals surface area contributed by atoms with E-state index in [1.807, 2.05) is 6.92 Å². The number of amides is 2. The highest BCUT2D eigenvalue weighted by Crippen LogP contribution is 2.42. The molecule has 0 unspecified atom stereocenters. The maximum atomic E-state index is 14.2. The van der Waals surface area contributed by atoms with E-state index in [-0.39, 0.29) is 33.0 Å². The molecule has 2 aromatic heterocycles. The maximum Gasteiger partial charge on any atom is 0.417 e. The van der Waals surface area contributed by atoms with Crippen molar-refractivity contribution in [3.63, 3.8) is 0 Å². The third kappa shape index (κ3) is 6.33. The fraction of sp³-hybridized carbons (Fsp3) is 0.583. The van der Waals surface area contributed by atoms with E-state index in [1.54, 1.807) is 32.6 Å². The van der Waals surface area contributed by atoms with Gasteiger partial charge in [-0.15, -0.1) is 11.3 Å². The lowest BCUT2D eigenvalue weighted by molar-refractivity contribution is -0.137. The van der Waals surface area contributed by atoms with E-state index in [9.17, 15) is 27.9 Å². The van der Waals surface area contributed by atoms with Gasteiger partial charge in [0.2, 0.25) is 0 Å². The number of aromatic nitrogens is 2. The molecule has 2 aromatic rings. The minimum atomic E-state index is -4.75. The lowest BCUT2D eigenvalue weighted by Crippen LogP contribution is -2.39. The van der Waals surface area contributed by atoms with Crippen molar-refractivity contribution in [2.75, 3.05) is 11.9 Å². The van der Waals surface area contributed by atoms with Crippen molar-refractivity contribution in [2.45, 2.75) is 84.3 Å². The minimum absolute atomic E-state index is 0.0351. The maximum absolute atomic E-state index is 14.2. The van der Waals surface area contributed by atoms with Crippen LogP contribution in [0.25, 0.3) is 10.4 Å². The first kappa shape index (κ1) is 27.9. The lowest BCUT2D eigenvalue weighted by Gasteiger charge is -2.23. The molecule has 0 saturated carbocycles. The van der Waals surface area contributed by atoms with Crippen LogP contribution in [0.1, 0.15) is 80.2 Å². The Bertz CT molecular complexity index is 1130. The summed E-state index contributed by atoms with van der Waals surface area (Å²) in [5.41, 5.74) is -2.05. The normalized spacial score (nSPS) is 18.2. The molecule has 0 aliphatic carbocycles. The van der Waals surface area contributed by atoms with Crippen molar-refractivity contribution >= 4 is 29.0 Å². The van der Waals surface area contributed by atoms with E-state index < -0.39 is 41.2 Å². The second-order valence-corrected chi connectivity index (χ2v) is 11.2. The lowest BCUT2D eigenvalue weighted by atomic mass is 10.1. The van der Waals surface area contributed by atoms with Crippen LogP contribution in [0.2, 0.25) is 0 Å². The molecule has 2 amide bonds. The number of alkyl halides is 3. The Balaban J connectivity index is 2.15. The van der Waals surface area contributed by atoms with E-state index in [0.29, 0.717) is 17.9 Å². The van der Waals surface area contributed by atoms with Gasteiger partial charge >= 0.3 is 6.18 Å². The zero-order chi connectivity index (χ0) is 27.0. The molecule has 198 valence electrons. The summed E-state index contributed by atoms with van der Waals surface area (Å²) in [5.74, 6) is -1.18. The number of hydrogen-bond acceptors (Lipinski definition) is 7. The van der Waals surface area contributed by atoms with Crippen molar-refractivity contribution in [3.8, 4) is 10.4 Å². The van der Waals surface area contributed by atoms with Gasteiger partial charge in [0, 0.05) is 29.9 Å². The molecule has 12 heteroatoms. The summed E-state index contributed by atoms with van der Waals surface area (Å²) in [6.07, 6.45) is -3.00. The first-order valence-electron chi connectivity index (χ1n) is 11.7.